The number of nitrogens with zero attached hydrogens (tertiary/aromatic N) is 1. The Kier molecular flexibility index (Phi) is 6.32. The molecule has 1 rings (SSSR count). The summed E-state index contributed by atoms with van der Waals surface area (Å²) in [6, 6.07) is 5.02. The van der Waals surface area contributed by atoms with E-state index in [0.29, 0.717) is 23.6 Å². The second-order valence-electron chi connectivity index (χ2n) is 4.43. The highest BCUT2D eigenvalue weighted by molar-refractivity contribution is 6.07. The third-order valence-corrected chi connectivity index (χ3v) is 3.02. The summed E-state index contributed by atoms with van der Waals surface area (Å²) >= 11 is 0. The van der Waals surface area contributed by atoms with Crippen molar-refractivity contribution in [2.45, 2.75) is 19.8 Å². The van der Waals surface area contributed by atoms with E-state index in [2.05, 4.69) is 10.5 Å². The van der Waals surface area contributed by atoms with Crippen molar-refractivity contribution in [2.24, 2.45) is 16.8 Å². The Morgan fingerprint density at radius 3 is 2.57 bits per heavy atom. The first-order chi connectivity index (χ1) is 10.1. The summed E-state index contributed by atoms with van der Waals surface area (Å²) in [5.74, 6) is -0.0366. The van der Waals surface area contributed by atoms with Crippen molar-refractivity contribution in [1.82, 2.24) is 0 Å². The molecule has 7 heteroatoms. The summed E-state index contributed by atoms with van der Waals surface area (Å²) in [5.41, 5.74) is 6.10. The van der Waals surface area contributed by atoms with Gasteiger partial charge in [-0.05, 0) is 18.6 Å². The van der Waals surface area contributed by atoms with E-state index in [1.54, 1.807) is 18.2 Å². The molecule has 0 saturated carbocycles. The minimum Gasteiger partial charge on any atom is -0.493 e. The van der Waals surface area contributed by atoms with Gasteiger partial charge in [0.15, 0.2) is 17.3 Å². The molecule has 1 aromatic carbocycles. The summed E-state index contributed by atoms with van der Waals surface area (Å²) in [4.78, 5) is 12.2. The molecule has 0 heterocycles. The fourth-order valence-corrected chi connectivity index (χ4v) is 1.92. The van der Waals surface area contributed by atoms with Crippen molar-refractivity contribution in [1.29, 1.82) is 0 Å². The van der Waals surface area contributed by atoms with Crippen LogP contribution >= 0.6 is 0 Å². The van der Waals surface area contributed by atoms with Crippen LogP contribution in [-0.4, -0.2) is 31.2 Å². The molecule has 7 nitrogen and oxygen atoms in total. The van der Waals surface area contributed by atoms with E-state index in [4.69, 9.17) is 20.4 Å². The Morgan fingerprint density at radius 1 is 1.38 bits per heavy atom. The van der Waals surface area contributed by atoms with Crippen LogP contribution in [-0.2, 0) is 4.79 Å². The Morgan fingerprint density at radius 2 is 2.05 bits per heavy atom. The molecule has 0 aliphatic carbocycles. The first kappa shape index (κ1) is 16.6. The maximum Gasteiger partial charge on any atom is 0.235 e. The molecule has 1 atom stereocenters. The highest BCUT2D eigenvalue weighted by atomic mass is 16.5. The minimum absolute atomic E-state index is 0.102. The second-order valence-corrected chi connectivity index (χ2v) is 4.43. The van der Waals surface area contributed by atoms with Crippen molar-refractivity contribution < 1.29 is 19.5 Å². The van der Waals surface area contributed by atoms with Crippen LogP contribution in [0.1, 0.15) is 19.8 Å². The van der Waals surface area contributed by atoms with Gasteiger partial charge in [0, 0.05) is 11.8 Å². The standard InChI is InChI=1S/C14H21N3O4/c1-4-5-10(13(15)17-19)14(18)16-9-6-7-11(20-2)12(8-9)21-3/h6-8,10,19H,4-5H2,1-3H3,(H2,15,17)(H,16,18). The van der Waals surface area contributed by atoms with E-state index in [1.807, 2.05) is 6.92 Å². The van der Waals surface area contributed by atoms with E-state index in [-0.39, 0.29) is 11.7 Å². The summed E-state index contributed by atoms with van der Waals surface area (Å²) in [7, 11) is 3.05. The van der Waals surface area contributed by atoms with Gasteiger partial charge in [-0.1, -0.05) is 18.5 Å². The van der Waals surface area contributed by atoms with Crippen LogP contribution in [0.2, 0.25) is 0 Å². The predicted molar refractivity (Wildman–Crippen MR) is 80.0 cm³/mol. The summed E-state index contributed by atoms with van der Waals surface area (Å²) in [6.45, 7) is 1.92. The molecule has 1 amide bonds. The highest BCUT2D eigenvalue weighted by Crippen LogP contribution is 2.30. The molecule has 0 aromatic heterocycles. The van der Waals surface area contributed by atoms with Gasteiger partial charge in [-0.3, -0.25) is 4.79 Å². The molecule has 0 bridgehead atoms. The van der Waals surface area contributed by atoms with Gasteiger partial charge in [-0.2, -0.15) is 0 Å². The number of hydrogen-bond acceptors (Lipinski definition) is 5. The fraction of sp³-hybridized carbons (Fsp3) is 0.429. The molecule has 4 N–H and O–H groups in total. The smallest absolute Gasteiger partial charge is 0.235 e. The monoisotopic (exact) mass is 295 g/mol. The first-order valence-electron chi connectivity index (χ1n) is 6.57. The molecule has 116 valence electrons. The van der Waals surface area contributed by atoms with Crippen LogP contribution in [0.5, 0.6) is 11.5 Å². The Balaban J connectivity index is 2.91. The molecule has 1 aromatic rings. The molecule has 0 fully saturated rings. The number of rotatable bonds is 7. The van der Waals surface area contributed by atoms with E-state index >= 15 is 0 Å². The van der Waals surface area contributed by atoms with Gasteiger partial charge in [-0.15, -0.1) is 0 Å². The summed E-state index contributed by atoms with van der Waals surface area (Å²) in [5, 5.41) is 14.4. The van der Waals surface area contributed by atoms with Crippen LogP contribution < -0.4 is 20.5 Å². The molecule has 0 saturated heterocycles. The zero-order valence-corrected chi connectivity index (χ0v) is 12.4. The van der Waals surface area contributed by atoms with Crippen LogP contribution in [0, 0.1) is 5.92 Å². The molecular weight excluding hydrogens is 274 g/mol. The van der Waals surface area contributed by atoms with E-state index in [9.17, 15) is 4.79 Å². The Labute approximate surface area is 123 Å². The lowest BCUT2D eigenvalue weighted by Gasteiger charge is -2.15. The molecule has 0 spiro atoms. The molecular formula is C14H21N3O4. The zero-order chi connectivity index (χ0) is 15.8. The Hall–Kier alpha value is -2.44. The number of methoxy groups -OCH3 is 2. The van der Waals surface area contributed by atoms with Crippen LogP contribution in [0.25, 0.3) is 0 Å². The predicted octanol–water partition coefficient (Wildman–Crippen LogP) is 1.80. The summed E-state index contributed by atoms with van der Waals surface area (Å²) < 4.78 is 10.3. The van der Waals surface area contributed by atoms with Crippen molar-refractivity contribution in [2.75, 3.05) is 19.5 Å². The zero-order valence-electron chi connectivity index (χ0n) is 12.4. The minimum atomic E-state index is -0.673. The maximum absolute atomic E-state index is 12.2. The second kappa shape index (κ2) is 7.98. The van der Waals surface area contributed by atoms with Crippen molar-refractivity contribution in [3.05, 3.63) is 18.2 Å². The first-order valence-corrected chi connectivity index (χ1v) is 6.57. The number of anilines is 1. The number of amides is 1. The lowest BCUT2D eigenvalue weighted by Crippen LogP contribution is -2.34. The average Bonchev–Trinajstić information content (AvgIpc) is 2.51. The molecule has 0 aliphatic rings. The SMILES string of the molecule is CCCC(C(=O)Nc1ccc(OC)c(OC)c1)C(N)=NO. The van der Waals surface area contributed by atoms with Gasteiger partial charge >= 0.3 is 0 Å². The number of benzene rings is 1. The topological polar surface area (TPSA) is 106 Å². The van der Waals surface area contributed by atoms with Gasteiger partial charge in [0.25, 0.3) is 0 Å². The van der Waals surface area contributed by atoms with E-state index in [1.165, 1.54) is 14.2 Å². The van der Waals surface area contributed by atoms with Gasteiger partial charge in [-0.25, -0.2) is 0 Å². The average molecular weight is 295 g/mol. The lowest BCUT2D eigenvalue weighted by molar-refractivity contribution is -0.118. The number of carbonyl (C=O) groups is 1. The van der Waals surface area contributed by atoms with Crippen LogP contribution in [0.4, 0.5) is 5.69 Å². The maximum atomic E-state index is 12.2. The van der Waals surface area contributed by atoms with E-state index < -0.39 is 5.92 Å². The summed E-state index contributed by atoms with van der Waals surface area (Å²) in [6.07, 6.45) is 1.23. The number of oxime groups is 1. The number of carbonyl (C=O) groups excluding carboxylic acids is 1. The number of hydrogen-bond donors (Lipinski definition) is 3. The molecule has 21 heavy (non-hydrogen) atoms. The third kappa shape index (κ3) is 4.27. The molecule has 0 radical (unpaired) electrons. The van der Waals surface area contributed by atoms with Crippen molar-refractivity contribution >= 4 is 17.4 Å². The fourth-order valence-electron chi connectivity index (χ4n) is 1.92. The molecule has 0 aliphatic heterocycles. The van der Waals surface area contributed by atoms with Crippen LogP contribution in [0.3, 0.4) is 0 Å². The van der Waals surface area contributed by atoms with E-state index in [0.717, 1.165) is 6.42 Å². The number of ether oxygens (including phenoxy) is 2. The quantitative estimate of drug-likeness (QED) is 0.308. The lowest BCUT2D eigenvalue weighted by atomic mass is 10.0. The van der Waals surface area contributed by atoms with Gasteiger partial charge in [0.05, 0.1) is 20.1 Å². The van der Waals surface area contributed by atoms with Crippen molar-refractivity contribution in [3.8, 4) is 11.5 Å². The van der Waals surface area contributed by atoms with Gasteiger partial charge < -0.3 is 25.7 Å². The largest absolute Gasteiger partial charge is 0.493 e. The number of nitrogens with two attached hydrogens (primary N) is 1. The normalized spacial score (nSPS) is 12.6. The number of amidine groups is 1. The van der Waals surface area contributed by atoms with Crippen molar-refractivity contribution in [3.63, 3.8) is 0 Å². The van der Waals surface area contributed by atoms with Gasteiger partial charge in [0.1, 0.15) is 0 Å². The third-order valence-electron chi connectivity index (χ3n) is 3.02. The van der Waals surface area contributed by atoms with Gasteiger partial charge in [0.2, 0.25) is 5.91 Å². The van der Waals surface area contributed by atoms with Crippen LogP contribution in [0.15, 0.2) is 23.4 Å². The highest BCUT2D eigenvalue weighted by Gasteiger charge is 2.22. The Bertz CT molecular complexity index is 517. The molecule has 1 unspecified atom stereocenters. The number of nitrogens with one attached hydrogen (secondary N) is 1.